The van der Waals surface area contributed by atoms with Gasteiger partial charge in [0.15, 0.2) is 0 Å². The highest BCUT2D eigenvalue weighted by molar-refractivity contribution is 5.83. The van der Waals surface area contributed by atoms with Crippen molar-refractivity contribution >= 4 is 29.7 Å². The number of carboxylic acids is 2. The fourth-order valence-corrected chi connectivity index (χ4v) is 1.76. The first-order chi connectivity index (χ1) is 11.3. The SMILES string of the molecule is CN(CCNC(=O)N[C@@H](CCC(=O)O)C(=O)O)c1ccnc(N)n1. The van der Waals surface area contributed by atoms with Crippen molar-refractivity contribution in [3.63, 3.8) is 0 Å². The van der Waals surface area contributed by atoms with E-state index in [2.05, 4.69) is 20.6 Å². The molecule has 1 heterocycles. The van der Waals surface area contributed by atoms with Crippen LogP contribution in [-0.2, 0) is 9.59 Å². The van der Waals surface area contributed by atoms with E-state index in [1.807, 2.05) is 0 Å². The number of anilines is 2. The third-order valence-corrected chi connectivity index (χ3v) is 3.03. The maximum absolute atomic E-state index is 11.7. The fourth-order valence-electron chi connectivity index (χ4n) is 1.76. The molecule has 0 radical (unpaired) electrons. The summed E-state index contributed by atoms with van der Waals surface area (Å²) < 4.78 is 0. The smallest absolute Gasteiger partial charge is 0.326 e. The van der Waals surface area contributed by atoms with Crippen LogP contribution in [0.1, 0.15) is 12.8 Å². The number of nitrogens with zero attached hydrogens (tertiary/aromatic N) is 3. The summed E-state index contributed by atoms with van der Waals surface area (Å²) >= 11 is 0. The number of nitrogen functional groups attached to an aromatic ring is 1. The number of carboxylic acid groups (broad SMARTS) is 2. The van der Waals surface area contributed by atoms with Gasteiger partial charge in [0.1, 0.15) is 11.9 Å². The van der Waals surface area contributed by atoms with Gasteiger partial charge in [-0.15, -0.1) is 0 Å². The molecule has 6 N–H and O–H groups in total. The van der Waals surface area contributed by atoms with E-state index < -0.39 is 24.0 Å². The minimum absolute atomic E-state index is 0.132. The Morgan fingerprint density at radius 2 is 2.08 bits per heavy atom. The third-order valence-electron chi connectivity index (χ3n) is 3.03. The Balaban J connectivity index is 2.39. The minimum atomic E-state index is -1.29. The van der Waals surface area contributed by atoms with Crippen molar-refractivity contribution in [1.29, 1.82) is 0 Å². The number of urea groups is 1. The summed E-state index contributed by atoms with van der Waals surface area (Å²) in [6.07, 6.45) is 0.960. The van der Waals surface area contributed by atoms with Crippen molar-refractivity contribution in [2.45, 2.75) is 18.9 Å². The van der Waals surface area contributed by atoms with E-state index in [-0.39, 0.29) is 25.3 Å². The van der Waals surface area contributed by atoms with E-state index in [1.54, 1.807) is 18.0 Å². The number of carbonyl (C=O) groups is 3. The van der Waals surface area contributed by atoms with Gasteiger partial charge < -0.3 is 31.5 Å². The third kappa shape index (κ3) is 6.77. The summed E-state index contributed by atoms with van der Waals surface area (Å²) in [7, 11) is 1.74. The summed E-state index contributed by atoms with van der Waals surface area (Å²) in [6.45, 7) is 0.619. The van der Waals surface area contributed by atoms with Crippen LogP contribution in [0.2, 0.25) is 0 Å². The Morgan fingerprint density at radius 1 is 1.38 bits per heavy atom. The van der Waals surface area contributed by atoms with E-state index in [0.717, 1.165) is 0 Å². The number of aliphatic carboxylic acids is 2. The Labute approximate surface area is 137 Å². The van der Waals surface area contributed by atoms with Crippen LogP contribution in [-0.4, -0.2) is 64.3 Å². The van der Waals surface area contributed by atoms with E-state index in [9.17, 15) is 14.4 Å². The highest BCUT2D eigenvalue weighted by Gasteiger charge is 2.20. The standard InChI is InChI=1S/C13H20N6O5/c1-19(9-4-5-15-12(14)18-9)7-6-16-13(24)17-8(11(22)23)2-3-10(20)21/h4-5,8H,2-3,6-7H2,1H3,(H,20,21)(H,22,23)(H2,14,15,18)(H2,16,17,24)/t8-/m0/s1. The molecular formula is C13H20N6O5. The number of rotatable bonds is 9. The van der Waals surface area contributed by atoms with Crippen molar-refractivity contribution in [3.8, 4) is 0 Å². The Hall–Kier alpha value is -3.11. The molecule has 11 nitrogen and oxygen atoms in total. The van der Waals surface area contributed by atoms with Crippen molar-refractivity contribution in [2.75, 3.05) is 30.8 Å². The number of amides is 2. The van der Waals surface area contributed by atoms with Crippen LogP contribution in [0.5, 0.6) is 0 Å². The lowest BCUT2D eigenvalue weighted by molar-refractivity contribution is -0.140. The topological polar surface area (TPSA) is 171 Å². The predicted molar refractivity (Wildman–Crippen MR) is 84.5 cm³/mol. The molecule has 0 spiro atoms. The molecular weight excluding hydrogens is 320 g/mol. The highest BCUT2D eigenvalue weighted by atomic mass is 16.4. The van der Waals surface area contributed by atoms with Gasteiger partial charge in [0.2, 0.25) is 5.95 Å². The number of hydrogen-bond donors (Lipinski definition) is 5. The molecule has 0 aliphatic heterocycles. The number of carbonyl (C=O) groups excluding carboxylic acids is 1. The normalized spacial score (nSPS) is 11.4. The van der Waals surface area contributed by atoms with Gasteiger partial charge in [-0.2, -0.15) is 4.98 Å². The number of nitrogens with two attached hydrogens (primary N) is 1. The quantitative estimate of drug-likeness (QED) is 0.382. The molecule has 2 amide bonds. The average Bonchev–Trinajstić information content (AvgIpc) is 2.50. The number of hydrogen-bond acceptors (Lipinski definition) is 7. The molecule has 0 bridgehead atoms. The van der Waals surface area contributed by atoms with Gasteiger partial charge in [0, 0.05) is 32.8 Å². The van der Waals surface area contributed by atoms with Crippen molar-refractivity contribution in [1.82, 2.24) is 20.6 Å². The van der Waals surface area contributed by atoms with Crippen molar-refractivity contribution in [2.24, 2.45) is 0 Å². The van der Waals surface area contributed by atoms with Crippen LogP contribution in [0.25, 0.3) is 0 Å². The summed E-state index contributed by atoms with van der Waals surface area (Å²) in [6, 6.07) is -0.299. The van der Waals surface area contributed by atoms with Gasteiger partial charge >= 0.3 is 18.0 Å². The van der Waals surface area contributed by atoms with Gasteiger partial charge in [0.05, 0.1) is 0 Å². The van der Waals surface area contributed by atoms with Gasteiger partial charge in [-0.1, -0.05) is 0 Å². The molecule has 1 rings (SSSR count). The lowest BCUT2D eigenvalue weighted by Gasteiger charge is -2.19. The van der Waals surface area contributed by atoms with Crippen LogP contribution in [0.3, 0.4) is 0 Å². The molecule has 24 heavy (non-hydrogen) atoms. The van der Waals surface area contributed by atoms with Crippen LogP contribution >= 0.6 is 0 Å². The van der Waals surface area contributed by atoms with E-state index in [0.29, 0.717) is 12.4 Å². The molecule has 0 fully saturated rings. The molecule has 0 saturated heterocycles. The Bertz CT molecular complexity index is 596. The first-order valence-corrected chi connectivity index (χ1v) is 7.08. The van der Waals surface area contributed by atoms with Crippen LogP contribution in [0, 0.1) is 0 Å². The minimum Gasteiger partial charge on any atom is -0.481 e. The molecule has 1 aromatic heterocycles. The molecule has 0 aromatic carbocycles. The highest BCUT2D eigenvalue weighted by Crippen LogP contribution is 2.07. The first-order valence-electron chi connectivity index (χ1n) is 7.08. The molecule has 0 saturated carbocycles. The zero-order valence-electron chi connectivity index (χ0n) is 13.1. The molecule has 0 aliphatic rings. The van der Waals surface area contributed by atoms with Crippen molar-refractivity contribution in [3.05, 3.63) is 12.3 Å². The summed E-state index contributed by atoms with van der Waals surface area (Å²) in [5, 5.41) is 22.2. The number of nitrogens with one attached hydrogen (secondary N) is 2. The van der Waals surface area contributed by atoms with Gasteiger partial charge in [0.25, 0.3) is 0 Å². The van der Waals surface area contributed by atoms with Crippen molar-refractivity contribution < 1.29 is 24.6 Å². The van der Waals surface area contributed by atoms with Gasteiger partial charge in [-0.25, -0.2) is 14.6 Å². The lowest BCUT2D eigenvalue weighted by Crippen LogP contribution is -2.47. The predicted octanol–water partition coefficient (Wildman–Crippen LogP) is -0.888. The maximum atomic E-state index is 11.7. The van der Waals surface area contributed by atoms with Gasteiger partial charge in [-0.05, 0) is 12.5 Å². The zero-order chi connectivity index (χ0) is 18.1. The molecule has 0 unspecified atom stereocenters. The molecule has 132 valence electrons. The zero-order valence-corrected chi connectivity index (χ0v) is 13.1. The number of likely N-dealkylation sites (N-methyl/N-ethyl adjacent to an activating group) is 1. The Kier molecular flexibility index (Phi) is 7.20. The monoisotopic (exact) mass is 340 g/mol. The lowest BCUT2D eigenvalue weighted by atomic mass is 10.1. The van der Waals surface area contributed by atoms with E-state index in [1.165, 1.54) is 6.20 Å². The summed E-state index contributed by atoms with van der Waals surface area (Å²) in [5.41, 5.74) is 5.48. The van der Waals surface area contributed by atoms with Crippen LogP contribution in [0.4, 0.5) is 16.6 Å². The second kappa shape index (κ2) is 9.12. The Morgan fingerprint density at radius 3 is 2.67 bits per heavy atom. The first kappa shape index (κ1) is 18.9. The van der Waals surface area contributed by atoms with Crippen LogP contribution in [0.15, 0.2) is 12.3 Å². The second-order valence-corrected chi connectivity index (χ2v) is 4.92. The summed E-state index contributed by atoms with van der Waals surface area (Å²) in [4.78, 5) is 42.6. The molecule has 1 aromatic rings. The van der Waals surface area contributed by atoms with Crippen LogP contribution < -0.4 is 21.3 Å². The van der Waals surface area contributed by atoms with E-state index in [4.69, 9.17) is 15.9 Å². The number of aromatic nitrogens is 2. The largest absolute Gasteiger partial charge is 0.481 e. The molecule has 0 aliphatic carbocycles. The fraction of sp³-hybridized carbons (Fsp3) is 0.462. The summed E-state index contributed by atoms with van der Waals surface area (Å²) in [5.74, 6) is -1.71. The van der Waals surface area contributed by atoms with E-state index >= 15 is 0 Å². The average molecular weight is 340 g/mol. The molecule has 11 heteroatoms. The second-order valence-electron chi connectivity index (χ2n) is 4.92. The van der Waals surface area contributed by atoms with Gasteiger partial charge in [-0.3, -0.25) is 4.79 Å². The maximum Gasteiger partial charge on any atom is 0.326 e. The molecule has 1 atom stereocenters.